The van der Waals surface area contributed by atoms with E-state index in [1.807, 2.05) is 66.7 Å². The summed E-state index contributed by atoms with van der Waals surface area (Å²) in [4.78, 5) is 23.9. The summed E-state index contributed by atoms with van der Waals surface area (Å²) in [7, 11) is 0. The molecule has 0 radical (unpaired) electrons. The number of hydrogen-bond acceptors (Lipinski definition) is 7. The number of pyridine rings is 1. The van der Waals surface area contributed by atoms with E-state index >= 15 is 0 Å². The number of likely N-dealkylation sites (tertiary alicyclic amines) is 1. The van der Waals surface area contributed by atoms with Gasteiger partial charge in [0.15, 0.2) is 17.3 Å². The summed E-state index contributed by atoms with van der Waals surface area (Å²) in [6.45, 7) is 1.38. The Morgan fingerprint density at radius 1 is 1.05 bits per heavy atom. The molecule has 1 atom stereocenters. The van der Waals surface area contributed by atoms with Gasteiger partial charge in [0.1, 0.15) is 18.0 Å². The molecule has 1 fully saturated rings. The third-order valence-electron chi connectivity index (χ3n) is 6.68. The van der Waals surface area contributed by atoms with Crippen molar-refractivity contribution in [3.05, 3.63) is 84.3 Å². The minimum absolute atomic E-state index is 0.170. The number of carbonyl (C=O) groups is 1. The Labute approximate surface area is 213 Å². The zero-order chi connectivity index (χ0) is 25.2. The van der Waals surface area contributed by atoms with Crippen molar-refractivity contribution < 1.29 is 24.2 Å². The van der Waals surface area contributed by atoms with Crippen molar-refractivity contribution in [2.45, 2.75) is 25.4 Å². The maximum Gasteiger partial charge on any atom is 0.410 e. The molecule has 0 aliphatic carbocycles. The maximum absolute atomic E-state index is 12.8. The van der Waals surface area contributed by atoms with Gasteiger partial charge >= 0.3 is 6.09 Å². The molecule has 9 nitrogen and oxygen atoms in total. The maximum atomic E-state index is 12.8. The molecule has 4 heterocycles. The van der Waals surface area contributed by atoms with Gasteiger partial charge in [0, 0.05) is 30.8 Å². The Kier molecular flexibility index (Phi) is 6.10. The van der Waals surface area contributed by atoms with Crippen LogP contribution in [-0.2, 0) is 11.3 Å². The lowest BCUT2D eigenvalue weighted by Gasteiger charge is -2.31. The molecule has 0 spiro atoms. The lowest BCUT2D eigenvalue weighted by molar-refractivity contribution is 0.0823. The lowest BCUT2D eigenvalue weighted by Crippen LogP contribution is -2.40. The quantitative estimate of drug-likeness (QED) is 0.383. The number of amides is 1. The number of hydrogen-bond donors (Lipinski definition) is 1. The smallest absolute Gasteiger partial charge is 0.410 e. The molecule has 1 unspecified atom stereocenters. The molecule has 1 saturated heterocycles. The van der Waals surface area contributed by atoms with E-state index in [0.29, 0.717) is 47.5 Å². The SMILES string of the molecule is O=C(OCc1ccccc1)N1CCCC(c2nc(-c3ccc4c(c3)OCO4)c(-c3ccccn3)n2O)C1. The molecule has 6 rings (SSSR count). The number of benzene rings is 2. The summed E-state index contributed by atoms with van der Waals surface area (Å²) in [6.07, 6.45) is 2.86. The highest BCUT2D eigenvalue weighted by atomic mass is 16.7. The fourth-order valence-corrected chi connectivity index (χ4v) is 4.84. The molecule has 188 valence electrons. The lowest BCUT2D eigenvalue weighted by atomic mass is 9.97. The van der Waals surface area contributed by atoms with Crippen LogP contribution in [-0.4, -0.2) is 50.8 Å². The van der Waals surface area contributed by atoms with E-state index in [4.69, 9.17) is 19.2 Å². The molecule has 2 aromatic heterocycles. The minimum Gasteiger partial charge on any atom is -0.454 e. The van der Waals surface area contributed by atoms with E-state index in [1.54, 1.807) is 11.1 Å². The molecular formula is C28H26N4O5. The van der Waals surface area contributed by atoms with Crippen molar-refractivity contribution >= 4 is 6.09 Å². The topological polar surface area (TPSA) is 98.9 Å². The van der Waals surface area contributed by atoms with Gasteiger partial charge in [0.2, 0.25) is 6.79 Å². The second-order valence-electron chi connectivity index (χ2n) is 9.09. The second-order valence-corrected chi connectivity index (χ2v) is 9.09. The number of ether oxygens (including phenoxy) is 3. The molecule has 2 aliphatic rings. The van der Waals surface area contributed by atoms with Gasteiger partial charge in [0.25, 0.3) is 0 Å². The summed E-state index contributed by atoms with van der Waals surface area (Å²) in [5.41, 5.74) is 3.36. The second kappa shape index (κ2) is 9.85. The predicted octanol–water partition coefficient (Wildman–Crippen LogP) is 5.09. The fourth-order valence-electron chi connectivity index (χ4n) is 4.84. The van der Waals surface area contributed by atoms with Gasteiger partial charge in [-0.15, -0.1) is 0 Å². The van der Waals surface area contributed by atoms with E-state index in [1.165, 1.54) is 0 Å². The number of carbonyl (C=O) groups excluding carboxylic acids is 1. The highest BCUT2D eigenvalue weighted by Gasteiger charge is 2.32. The van der Waals surface area contributed by atoms with Crippen LogP contribution in [0.1, 0.15) is 30.1 Å². The van der Waals surface area contributed by atoms with Gasteiger partial charge in [-0.1, -0.05) is 36.4 Å². The number of piperidine rings is 1. The van der Waals surface area contributed by atoms with Crippen molar-refractivity contribution in [1.82, 2.24) is 19.6 Å². The van der Waals surface area contributed by atoms with Crippen molar-refractivity contribution in [2.75, 3.05) is 19.9 Å². The number of fused-ring (bicyclic) bond motifs is 1. The molecule has 0 bridgehead atoms. The van der Waals surface area contributed by atoms with Crippen molar-refractivity contribution in [1.29, 1.82) is 0 Å². The first-order valence-electron chi connectivity index (χ1n) is 12.3. The predicted molar refractivity (Wildman–Crippen MR) is 134 cm³/mol. The normalized spacial score (nSPS) is 16.5. The third kappa shape index (κ3) is 4.55. The summed E-state index contributed by atoms with van der Waals surface area (Å²) >= 11 is 0. The van der Waals surface area contributed by atoms with Gasteiger partial charge in [-0.3, -0.25) is 4.98 Å². The van der Waals surface area contributed by atoms with Crippen molar-refractivity contribution in [3.63, 3.8) is 0 Å². The Morgan fingerprint density at radius 2 is 1.89 bits per heavy atom. The first-order valence-corrected chi connectivity index (χ1v) is 12.3. The number of aromatic nitrogens is 3. The van der Waals surface area contributed by atoms with E-state index < -0.39 is 0 Å². The largest absolute Gasteiger partial charge is 0.454 e. The Bertz CT molecular complexity index is 1410. The first kappa shape index (κ1) is 22.9. The molecular weight excluding hydrogens is 472 g/mol. The van der Waals surface area contributed by atoms with Crippen LogP contribution in [0, 0.1) is 0 Å². The molecule has 0 saturated carbocycles. The summed E-state index contributed by atoms with van der Waals surface area (Å²) < 4.78 is 17.7. The van der Waals surface area contributed by atoms with E-state index in [2.05, 4.69) is 4.98 Å². The van der Waals surface area contributed by atoms with Crippen LogP contribution in [0.25, 0.3) is 22.6 Å². The Balaban J connectivity index is 1.29. The molecule has 4 aromatic rings. The van der Waals surface area contributed by atoms with Crippen LogP contribution < -0.4 is 9.47 Å². The molecule has 2 aliphatic heterocycles. The molecule has 9 heteroatoms. The zero-order valence-corrected chi connectivity index (χ0v) is 20.1. The summed E-state index contributed by atoms with van der Waals surface area (Å²) in [5.74, 6) is 1.61. The monoisotopic (exact) mass is 498 g/mol. The highest BCUT2D eigenvalue weighted by Crippen LogP contribution is 2.40. The minimum atomic E-state index is -0.370. The van der Waals surface area contributed by atoms with Crippen molar-refractivity contribution in [3.8, 4) is 34.1 Å². The van der Waals surface area contributed by atoms with Gasteiger partial charge < -0.3 is 24.3 Å². The van der Waals surface area contributed by atoms with Gasteiger partial charge in [-0.2, -0.15) is 4.73 Å². The molecule has 1 amide bonds. The zero-order valence-electron chi connectivity index (χ0n) is 20.1. The van der Waals surface area contributed by atoms with Crippen LogP contribution >= 0.6 is 0 Å². The van der Waals surface area contributed by atoms with Crippen LogP contribution in [0.2, 0.25) is 0 Å². The molecule has 1 N–H and O–H groups in total. The average Bonchev–Trinajstić information content (AvgIpc) is 3.56. The van der Waals surface area contributed by atoms with Crippen LogP contribution in [0.4, 0.5) is 4.79 Å². The van der Waals surface area contributed by atoms with E-state index in [0.717, 1.165) is 28.7 Å². The molecule has 37 heavy (non-hydrogen) atoms. The Hall–Kier alpha value is -4.53. The van der Waals surface area contributed by atoms with Crippen LogP contribution in [0.15, 0.2) is 72.9 Å². The Morgan fingerprint density at radius 3 is 2.73 bits per heavy atom. The number of imidazole rings is 1. The van der Waals surface area contributed by atoms with Gasteiger partial charge in [-0.05, 0) is 48.7 Å². The van der Waals surface area contributed by atoms with Crippen LogP contribution in [0.5, 0.6) is 11.5 Å². The van der Waals surface area contributed by atoms with Crippen LogP contribution in [0.3, 0.4) is 0 Å². The fraction of sp³-hybridized carbons (Fsp3) is 0.250. The summed E-state index contributed by atoms with van der Waals surface area (Å²) in [6, 6.07) is 20.7. The summed E-state index contributed by atoms with van der Waals surface area (Å²) in [5, 5.41) is 11.4. The van der Waals surface area contributed by atoms with Crippen molar-refractivity contribution in [2.24, 2.45) is 0 Å². The van der Waals surface area contributed by atoms with Gasteiger partial charge in [-0.25, -0.2) is 9.78 Å². The molecule has 2 aromatic carbocycles. The number of rotatable bonds is 5. The highest BCUT2D eigenvalue weighted by molar-refractivity contribution is 5.78. The third-order valence-corrected chi connectivity index (χ3v) is 6.68. The first-order chi connectivity index (χ1) is 18.2. The van der Waals surface area contributed by atoms with Gasteiger partial charge in [0.05, 0.1) is 5.69 Å². The van der Waals surface area contributed by atoms with E-state index in [-0.39, 0.29) is 25.4 Å². The number of nitrogens with zero attached hydrogens (tertiary/aromatic N) is 4. The van der Waals surface area contributed by atoms with E-state index in [9.17, 15) is 10.0 Å². The average molecular weight is 499 g/mol. The standard InChI is InChI=1S/C28H26N4O5/c33-28(35-17-19-7-2-1-3-8-19)31-14-6-9-21(16-31)27-30-25(20-11-12-23-24(15-20)37-18-36-23)26(32(27)34)22-10-4-5-13-29-22/h1-5,7-8,10-13,15,21,34H,6,9,14,16-18H2.